The number of rotatable bonds is 6. The van der Waals surface area contributed by atoms with E-state index in [4.69, 9.17) is 21.3 Å². The van der Waals surface area contributed by atoms with E-state index in [1.807, 2.05) is 69.9 Å². The molecule has 7 nitrogen and oxygen atoms in total. The lowest BCUT2D eigenvalue weighted by molar-refractivity contribution is -0.138. The van der Waals surface area contributed by atoms with E-state index in [1.54, 1.807) is 18.3 Å². The normalized spacial score (nSPS) is 16.8. The average Bonchev–Trinajstić information content (AvgIpc) is 3.54. The Labute approximate surface area is 255 Å². The topological polar surface area (TPSA) is 72.3 Å². The van der Waals surface area contributed by atoms with Gasteiger partial charge in [0.2, 0.25) is 0 Å². The van der Waals surface area contributed by atoms with E-state index in [9.17, 15) is 4.79 Å². The quantitative estimate of drug-likeness (QED) is 0.218. The van der Waals surface area contributed by atoms with Crippen LogP contribution in [-0.4, -0.2) is 45.8 Å². The zero-order chi connectivity index (χ0) is 29.8. The van der Waals surface area contributed by atoms with Crippen LogP contribution in [-0.2, 0) is 16.6 Å². The number of benzene rings is 3. The summed E-state index contributed by atoms with van der Waals surface area (Å²) < 4.78 is 9.35. The summed E-state index contributed by atoms with van der Waals surface area (Å²) >= 11 is 7.96. The standard InChI is InChI=1S/C33H36ClN5O2S/c1-19-15-25-31(29(21-7-10-24(34)11-8-21)28(19)30(20(2)40)41-33(3,4)5)42-32(37-25)39-14-13-35-26(18-39)22-9-12-27-23(16-22)17-36-38(27)6/h7-12,15-17,26,30,35H,13-14,18H2,1-6H3/t26?,30-/m1/s1. The molecule has 1 aliphatic rings. The van der Waals surface area contributed by atoms with Crippen molar-refractivity contribution in [2.24, 2.45) is 7.05 Å². The number of nitrogens with zero attached hydrogens (tertiary/aromatic N) is 4. The summed E-state index contributed by atoms with van der Waals surface area (Å²) in [6, 6.07) is 16.7. The van der Waals surface area contributed by atoms with E-state index in [0.29, 0.717) is 5.02 Å². The predicted molar refractivity (Wildman–Crippen MR) is 173 cm³/mol. The SMILES string of the molecule is CC(=O)[C@@H](OC(C)(C)C)c1c(C)cc2nc(N3CCNC(c4ccc5c(cnn5C)c4)C3)sc2c1-c1ccc(Cl)cc1. The summed E-state index contributed by atoms with van der Waals surface area (Å²) in [7, 11) is 1.97. The molecular formula is C33H36ClN5O2S. The molecule has 0 radical (unpaired) electrons. The van der Waals surface area contributed by atoms with Gasteiger partial charge in [-0.3, -0.25) is 9.48 Å². The Morgan fingerprint density at radius 3 is 2.64 bits per heavy atom. The second kappa shape index (κ2) is 11.1. The molecule has 9 heteroatoms. The van der Waals surface area contributed by atoms with Crippen molar-refractivity contribution in [3.63, 3.8) is 0 Å². The minimum Gasteiger partial charge on any atom is -0.360 e. The second-order valence-corrected chi connectivity index (χ2v) is 13.5. The molecule has 1 fully saturated rings. The van der Waals surface area contributed by atoms with Gasteiger partial charge in [0.15, 0.2) is 10.9 Å². The summed E-state index contributed by atoms with van der Waals surface area (Å²) in [6.45, 7) is 12.1. The third-order valence-corrected chi connectivity index (χ3v) is 9.17. The van der Waals surface area contributed by atoms with Crippen molar-refractivity contribution in [3.8, 4) is 11.1 Å². The molecule has 0 bridgehead atoms. The molecule has 1 saturated heterocycles. The highest BCUT2D eigenvalue weighted by Crippen LogP contribution is 2.44. The number of ether oxygens (including phenoxy) is 1. The number of carbonyl (C=O) groups excluding carboxylic acids is 1. The first kappa shape index (κ1) is 28.8. The van der Waals surface area contributed by atoms with Gasteiger partial charge in [-0.25, -0.2) is 4.98 Å². The van der Waals surface area contributed by atoms with Crippen LogP contribution in [0.2, 0.25) is 5.02 Å². The molecule has 0 saturated carbocycles. The third kappa shape index (κ3) is 5.56. The first-order valence-corrected chi connectivity index (χ1v) is 15.5. The molecule has 42 heavy (non-hydrogen) atoms. The molecule has 1 N–H and O–H groups in total. The van der Waals surface area contributed by atoms with Crippen LogP contribution in [0.1, 0.15) is 56.5 Å². The Hall–Kier alpha value is -3.30. The van der Waals surface area contributed by atoms with Gasteiger partial charge in [-0.05, 0) is 81.6 Å². The van der Waals surface area contributed by atoms with Gasteiger partial charge in [0.25, 0.3) is 0 Å². The van der Waals surface area contributed by atoms with Crippen LogP contribution < -0.4 is 10.2 Å². The molecule has 6 rings (SSSR count). The van der Waals surface area contributed by atoms with Crippen molar-refractivity contribution >= 4 is 55.0 Å². The van der Waals surface area contributed by atoms with Gasteiger partial charge < -0.3 is 15.0 Å². The van der Waals surface area contributed by atoms with Crippen LogP contribution in [0, 0.1) is 6.92 Å². The van der Waals surface area contributed by atoms with Crippen molar-refractivity contribution in [1.29, 1.82) is 0 Å². The summed E-state index contributed by atoms with van der Waals surface area (Å²) in [5.74, 6) is -0.0251. The van der Waals surface area contributed by atoms with Crippen LogP contribution in [0.15, 0.2) is 54.7 Å². The zero-order valence-electron chi connectivity index (χ0n) is 24.9. The number of carbonyl (C=O) groups is 1. The number of aromatic nitrogens is 3. The highest BCUT2D eigenvalue weighted by atomic mass is 35.5. The lowest BCUT2D eigenvalue weighted by Crippen LogP contribution is -2.45. The van der Waals surface area contributed by atoms with Crippen molar-refractivity contribution in [2.75, 3.05) is 24.5 Å². The second-order valence-electron chi connectivity index (χ2n) is 12.1. The molecule has 1 aliphatic heterocycles. The Kier molecular flexibility index (Phi) is 7.60. The van der Waals surface area contributed by atoms with Crippen molar-refractivity contribution in [3.05, 3.63) is 76.4 Å². The number of ketones is 1. The fourth-order valence-corrected chi connectivity index (χ4v) is 7.11. The number of Topliss-reactive ketones (excluding diaryl/α,β-unsaturated/α-hetero) is 1. The molecule has 218 valence electrons. The van der Waals surface area contributed by atoms with Gasteiger partial charge in [-0.1, -0.05) is 41.1 Å². The molecule has 1 unspecified atom stereocenters. The fraction of sp³-hybridized carbons (Fsp3) is 0.364. The predicted octanol–water partition coefficient (Wildman–Crippen LogP) is 7.41. The summed E-state index contributed by atoms with van der Waals surface area (Å²) in [5.41, 5.74) is 6.65. The lowest BCUT2D eigenvalue weighted by Gasteiger charge is -2.33. The maximum Gasteiger partial charge on any atom is 0.186 e. The minimum atomic E-state index is -0.698. The highest BCUT2D eigenvalue weighted by Gasteiger charge is 2.31. The van der Waals surface area contributed by atoms with Gasteiger partial charge in [-0.15, -0.1) is 0 Å². The number of hydrogen-bond acceptors (Lipinski definition) is 7. The number of thiazole rings is 1. The number of aryl methyl sites for hydroxylation is 2. The van der Waals surface area contributed by atoms with Crippen LogP contribution in [0.25, 0.3) is 32.2 Å². The fourth-order valence-electron chi connectivity index (χ4n) is 5.82. The molecule has 0 amide bonds. The van der Waals surface area contributed by atoms with E-state index in [0.717, 1.165) is 68.1 Å². The monoisotopic (exact) mass is 601 g/mol. The van der Waals surface area contributed by atoms with Crippen LogP contribution in [0.3, 0.4) is 0 Å². The lowest BCUT2D eigenvalue weighted by atomic mass is 9.90. The molecule has 3 heterocycles. The largest absolute Gasteiger partial charge is 0.360 e. The minimum absolute atomic E-state index is 0.0251. The van der Waals surface area contributed by atoms with Crippen molar-refractivity contribution in [1.82, 2.24) is 20.1 Å². The Bertz CT molecular complexity index is 1790. The highest BCUT2D eigenvalue weighted by molar-refractivity contribution is 7.22. The number of piperazine rings is 1. The zero-order valence-corrected chi connectivity index (χ0v) is 26.4. The maximum atomic E-state index is 13.1. The Morgan fingerprint density at radius 2 is 1.93 bits per heavy atom. The van der Waals surface area contributed by atoms with Gasteiger partial charge in [0, 0.05) is 54.3 Å². The Balaban J connectivity index is 1.44. The summed E-state index contributed by atoms with van der Waals surface area (Å²) in [4.78, 5) is 20.6. The van der Waals surface area contributed by atoms with E-state index in [-0.39, 0.29) is 11.8 Å². The van der Waals surface area contributed by atoms with Crippen LogP contribution in [0.4, 0.5) is 5.13 Å². The first-order chi connectivity index (χ1) is 20.0. The van der Waals surface area contributed by atoms with Gasteiger partial charge in [-0.2, -0.15) is 5.10 Å². The summed E-state index contributed by atoms with van der Waals surface area (Å²) in [6.07, 6.45) is 1.22. The van der Waals surface area contributed by atoms with Gasteiger partial charge in [0.1, 0.15) is 6.10 Å². The number of anilines is 1. The van der Waals surface area contributed by atoms with Gasteiger partial charge >= 0.3 is 0 Å². The number of hydrogen-bond donors (Lipinski definition) is 1. The van der Waals surface area contributed by atoms with E-state index >= 15 is 0 Å². The Morgan fingerprint density at radius 1 is 1.17 bits per heavy atom. The maximum absolute atomic E-state index is 13.1. The molecule has 0 spiro atoms. The van der Waals surface area contributed by atoms with E-state index < -0.39 is 11.7 Å². The third-order valence-electron chi connectivity index (χ3n) is 7.77. The molecule has 5 aromatic rings. The van der Waals surface area contributed by atoms with Crippen molar-refractivity contribution in [2.45, 2.75) is 52.4 Å². The number of halogens is 1. The summed E-state index contributed by atoms with van der Waals surface area (Å²) in [5, 5.41) is 10.9. The average molecular weight is 602 g/mol. The molecule has 2 aromatic heterocycles. The molecule has 3 aromatic carbocycles. The van der Waals surface area contributed by atoms with Crippen LogP contribution >= 0.6 is 22.9 Å². The molecular weight excluding hydrogens is 566 g/mol. The first-order valence-electron chi connectivity index (χ1n) is 14.3. The number of nitrogens with one attached hydrogen (secondary N) is 1. The van der Waals surface area contributed by atoms with Gasteiger partial charge in [0.05, 0.1) is 27.5 Å². The molecule has 0 aliphatic carbocycles. The number of fused-ring (bicyclic) bond motifs is 2. The smallest absolute Gasteiger partial charge is 0.186 e. The molecule has 2 atom stereocenters. The van der Waals surface area contributed by atoms with E-state index in [1.165, 1.54) is 5.56 Å². The van der Waals surface area contributed by atoms with E-state index in [2.05, 4.69) is 39.6 Å². The van der Waals surface area contributed by atoms with Crippen molar-refractivity contribution < 1.29 is 9.53 Å². The van der Waals surface area contributed by atoms with Crippen LogP contribution in [0.5, 0.6) is 0 Å².